The van der Waals surface area contributed by atoms with Gasteiger partial charge in [0.2, 0.25) is 12.3 Å². The maximum absolute atomic E-state index is 11.1. The maximum Gasteiger partial charge on any atom is 0.242 e. The van der Waals surface area contributed by atoms with Gasteiger partial charge in [-0.25, -0.2) is 0 Å². The Balaban J connectivity index is 3.84. The second kappa shape index (κ2) is 6.97. The monoisotopic (exact) mass is 190 g/mol. The summed E-state index contributed by atoms with van der Waals surface area (Å²) in [7, 11) is 1.56. The number of nitrogens with one attached hydrogen (secondary N) is 2. The highest BCUT2D eigenvalue weighted by Crippen LogP contribution is 1.99. The van der Waals surface area contributed by atoms with Gasteiger partial charge in [-0.1, -0.05) is 0 Å². The summed E-state index contributed by atoms with van der Waals surface area (Å²) in [5.74, 6) is 0.718. The van der Waals surface area contributed by atoms with Crippen molar-refractivity contribution in [3.05, 3.63) is 0 Å². The van der Waals surface area contributed by atoms with Crippen molar-refractivity contribution in [3.63, 3.8) is 0 Å². The average Bonchev–Trinajstić information content (AvgIpc) is 2.11. The van der Waals surface area contributed by atoms with Gasteiger partial charge in [0.15, 0.2) is 0 Å². The summed E-state index contributed by atoms with van der Waals surface area (Å²) in [6.07, 6.45) is 3.18. The van der Waals surface area contributed by atoms with Gasteiger partial charge in [-0.15, -0.1) is 0 Å². The van der Waals surface area contributed by atoms with Crippen LogP contribution in [0.4, 0.5) is 0 Å². The molecule has 0 aliphatic heterocycles. The third kappa shape index (κ3) is 4.23. The fourth-order valence-corrected chi connectivity index (χ4v) is 1.25. The van der Waals surface area contributed by atoms with Crippen LogP contribution in [0.15, 0.2) is 0 Å². The smallest absolute Gasteiger partial charge is 0.242 e. The van der Waals surface area contributed by atoms with Crippen LogP contribution in [0.2, 0.25) is 0 Å². The van der Waals surface area contributed by atoms with E-state index in [2.05, 4.69) is 10.6 Å². The number of carbonyl (C=O) groups is 2. The molecule has 1 atom stereocenters. The van der Waals surface area contributed by atoms with Crippen molar-refractivity contribution < 1.29 is 9.59 Å². The van der Waals surface area contributed by atoms with Crippen molar-refractivity contribution in [3.8, 4) is 0 Å². The van der Waals surface area contributed by atoms with Crippen LogP contribution >= 0.6 is 11.8 Å². The van der Waals surface area contributed by atoms with Gasteiger partial charge in [0, 0.05) is 7.05 Å². The molecule has 0 saturated heterocycles. The Morgan fingerprint density at radius 1 is 1.67 bits per heavy atom. The molecular formula is C7H14N2O2S. The molecule has 70 valence electrons. The van der Waals surface area contributed by atoms with Gasteiger partial charge < -0.3 is 10.6 Å². The first-order valence-electron chi connectivity index (χ1n) is 3.66. The highest BCUT2D eigenvalue weighted by atomic mass is 32.2. The van der Waals surface area contributed by atoms with E-state index in [0.717, 1.165) is 5.75 Å². The van der Waals surface area contributed by atoms with E-state index in [-0.39, 0.29) is 11.9 Å². The molecule has 0 bridgehead atoms. The molecule has 0 aromatic heterocycles. The molecule has 0 aromatic carbocycles. The first-order chi connectivity index (χ1) is 5.76. The predicted octanol–water partition coefficient (Wildman–Crippen LogP) is -0.400. The lowest BCUT2D eigenvalue weighted by molar-refractivity contribution is -0.124. The van der Waals surface area contributed by atoms with Gasteiger partial charge >= 0.3 is 0 Å². The zero-order chi connectivity index (χ0) is 9.40. The van der Waals surface area contributed by atoms with Gasteiger partial charge in [0.1, 0.15) is 6.04 Å². The van der Waals surface area contributed by atoms with Crippen LogP contribution in [0.1, 0.15) is 6.42 Å². The zero-order valence-corrected chi connectivity index (χ0v) is 8.11. The number of likely N-dealkylation sites (N-methyl/N-ethyl adjacent to an activating group) is 1. The van der Waals surface area contributed by atoms with Gasteiger partial charge in [-0.3, -0.25) is 9.59 Å². The lowest BCUT2D eigenvalue weighted by atomic mass is 10.2. The molecule has 0 fully saturated rings. The lowest BCUT2D eigenvalue weighted by Crippen LogP contribution is -2.42. The largest absolute Gasteiger partial charge is 0.357 e. The van der Waals surface area contributed by atoms with Crippen molar-refractivity contribution >= 4 is 24.1 Å². The maximum atomic E-state index is 11.1. The molecule has 0 saturated carbocycles. The molecule has 0 spiro atoms. The van der Waals surface area contributed by atoms with E-state index in [1.807, 2.05) is 6.26 Å². The molecule has 2 N–H and O–H groups in total. The molecule has 2 amide bonds. The van der Waals surface area contributed by atoms with E-state index in [1.165, 1.54) is 0 Å². The number of amides is 2. The summed E-state index contributed by atoms with van der Waals surface area (Å²) >= 11 is 1.65. The Kier molecular flexibility index (Phi) is 6.55. The second-order valence-corrected chi connectivity index (χ2v) is 3.22. The SMILES string of the molecule is CNC(=O)C(CCSC)NC=O. The number of rotatable bonds is 6. The topological polar surface area (TPSA) is 58.2 Å². The minimum Gasteiger partial charge on any atom is -0.357 e. The summed E-state index contributed by atoms with van der Waals surface area (Å²) in [4.78, 5) is 21.2. The van der Waals surface area contributed by atoms with Crippen molar-refractivity contribution in [1.82, 2.24) is 10.6 Å². The lowest BCUT2D eigenvalue weighted by Gasteiger charge is -2.12. The van der Waals surface area contributed by atoms with E-state index in [0.29, 0.717) is 12.8 Å². The van der Waals surface area contributed by atoms with Crippen molar-refractivity contribution in [1.29, 1.82) is 0 Å². The highest BCUT2D eigenvalue weighted by molar-refractivity contribution is 7.98. The highest BCUT2D eigenvalue weighted by Gasteiger charge is 2.14. The van der Waals surface area contributed by atoms with Crippen molar-refractivity contribution in [2.75, 3.05) is 19.1 Å². The Labute approximate surface area is 76.5 Å². The van der Waals surface area contributed by atoms with Crippen LogP contribution < -0.4 is 10.6 Å². The average molecular weight is 190 g/mol. The van der Waals surface area contributed by atoms with Crippen molar-refractivity contribution in [2.45, 2.75) is 12.5 Å². The minimum absolute atomic E-state index is 0.142. The number of carbonyl (C=O) groups excluding carboxylic acids is 2. The molecule has 0 aliphatic rings. The normalized spacial score (nSPS) is 11.8. The molecule has 0 aromatic rings. The molecule has 1 unspecified atom stereocenters. The van der Waals surface area contributed by atoms with Crippen LogP contribution in [0.25, 0.3) is 0 Å². The molecular weight excluding hydrogens is 176 g/mol. The number of hydrogen-bond donors (Lipinski definition) is 2. The summed E-state index contributed by atoms with van der Waals surface area (Å²) in [5, 5.41) is 4.95. The summed E-state index contributed by atoms with van der Waals surface area (Å²) < 4.78 is 0. The summed E-state index contributed by atoms with van der Waals surface area (Å²) in [5.41, 5.74) is 0. The Morgan fingerprint density at radius 3 is 2.75 bits per heavy atom. The Bertz CT molecular complexity index is 152. The molecule has 5 heteroatoms. The van der Waals surface area contributed by atoms with Crippen LogP contribution in [0, 0.1) is 0 Å². The van der Waals surface area contributed by atoms with Crippen LogP contribution in [-0.4, -0.2) is 37.4 Å². The fraction of sp³-hybridized carbons (Fsp3) is 0.714. The van der Waals surface area contributed by atoms with E-state index < -0.39 is 0 Å². The standard InChI is InChI=1S/C7H14N2O2S/c1-8-7(11)6(9-5-10)3-4-12-2/h5-6H,3-4H2,1-2H3,(H,8,11)(H,9,10). The number of hydrogen-bond acceptors (Lipinski definition) is 3. The minimum atomic E-state index is -0.389. The van der Waals surface area contributed by atoms with E-state index >= 15 is 0 Å². The third-order valence-electron chi connectivity index (χ3n) is 1.44. The quantitative estimate of drug-likeness (QED) is 0.560. The Morgan fingerprint density at radius 2 is 2.33 bits per heavy atom. The third-order valence-corrected chi connectivity index (χ3v) is 2.09. The van der Waals surface area contributed by atoms with Gasteiger partial charge in [-0.05, 0) is 18.4 Å². The molecule has 4 nitrogen and oxygen atoms in total. The molecule has 0 heterocycles. The molecule has 0 radical (unpaired) electrons. The van der Waals surface area contributed by atoms with E-state index in [1.54, 1.807) is 18.8 Å². The zero-order valence-electron chi connectivity index (χ0n) is 7.29. The van der Waals surface area contributed by atoms with Gasteiger partial charge in [0.25, 0.3) is 0 Å². The van der Waals surface area contributed by atoms with Crippen molar-refractivity contribution in [2.24, 2.45) is 0 Å². The summed E-state index contributed by atoms with van der Waals surface area (Å²) in [6.45, 7) is 0. The first kappa shape index (κ1) is 11.3. The van der Waals surface area contributed by atoms with E-state index in [9.17, 15) is 9.59 Å². The second-order valence-electron chi connectivity index (χ2n) is 2.23. The van der Waals surface area contributed by atoms with Crippen LogP contribution in [0.3, 0.4) is 0 Å². The van der Waals surface area contributed by atoms with Crippen LogP contribution in [0.5, 0.6) is 0 Å². The Hall–Kier alpha value is -0.710. The molecule has 0 aliphatic carbocycles. The molecule has 0 rings (SSSR count). The van der Waals surface area contributed by atoms with E-state index in [4.69, 9.17) is 0 Å². The molecule has 12 heavy (non-hydrogen) atoms. The number of thioether (sulfide) groups is 1. The van der Waals surface area contributed by atoms with Crippen LogP contribution in [-0.2, 0) is 9.59 Å². The van der Waals surface area contributed by atoms with Gasteiger partial charge in [0.05, 0.1) is 0 Å². The first-order valence-corrected chi connectivity index (χ1v) is 5.05. The fourth-order valence-electron chi connectivity index (χ4n) is 0.782. The predicted molar refractivity (Wildman–Crippen MR) is 50.1 cm³/mol. The summed E-state index contributed by atoms with van der Waals surface area (Å²) in [6, 6.07) is -0.389. The van der Waals surface area contributed by atoms with Gasteiger partial charge in [-0.2, -0.15) is 11.8 Å².